The topological polar surface area (TPSA) is 32.5 Å². The predicted octanol–water partition coefficient (Wildman–Crippen LogP) is 2.06. The number of piperidine rings is 1. The predicted molar refractivity (Wildman–Crippen MR) is 80.2 cm³/mol. The van der Waals surface area contributed by atoms with E-state index in [-0.39, 0.29) is 5.54 Å². The van der Waals surface area contributed by atoms with E-state index in [0.717, 1.165) is 18.6 Å². The third kappa shape index (κ3) is 2.57. The van der Waals surface area contributed by atoms with Crippen molar-refractivity contribution >= 4 is 0 Å². The van der Waals surface area contributed by atoms with E-state index in [1.807, 2.05) is 0 Å². The minimum absolute atomic E-state index is 0.276. The van der Waals surface area contributed by atoms with Crippen molar-refractivity contribution < 1.29 is 0 Å². The summed E-state index contributed by atoms with van der Waals surface area (Å²) in [5, 5.41) is 0. The van der Waals surface area contributed by atoms with Crippen LogP contribution in [0.1, 0.15) is 52.9 Å². The number of nitrogens with zero attached hydrogens (tertiary/aromatic N) is 2. The second kappa shape index (κ2) is 4.71. The molecule has 0 spiro atoms. The molecule has 0 aromatic carbocycles. The zero-order valence-electron chi connectivity index (χ0n) is 13.0. The van der Waals surface area contributed by atoms with Crippen LogP contribution in [0.4, 0.5) is 0 Å². The molecule has 2 unspecified atom stereocenters. The number of hydrogen-bond donors (Lipinski definition) is 1. The van der Waals surface area contributed by atoms with Gasteiger partial charge in [-0.3, -0.25) is 9.80 Å². The van der Waals surface area contributed by atoms with Crippen LogP contribution in [0.2, 0.25) is 0 Å². The van der Waals surface area contributed by atoms with E-state index in [2.05, 4.69) is 30.6 Å². The van der Waals surface area contributed by atoms with Crippen molar-refractivity contribution in [2.45, 2.75) is 70.5 Å². The van der Waals surface area contributed by atoms with Crippen LogP contribution >= 0.6 is 0 Å². The van der Waals surface area contributed by atoms with Crippen molar-refractivity contribution in [3.63, 3.8) is 0 Å². The first-order valence-electron chi connectivity index (χ1n) is 8.17. The fourth-order valence-electron chi connectivity index (χ4n) is 4.22. The maximum Gasteiger partial charge on any atom is 0.0473 e. The van der Waals surface area contributed by atoms with Crippen LogP contribution in [0.15, 0.2) is 0 Å². The second-order valence-corrected chi connectivity index (χ2v) is 8.04. The lowest BCUT2D eigenvalue weighted by molar-refractivity contribution is 0.0366. The molecule has 2 atom stereocenters. The molecule has 3 aliphatic rings. The van der Waals surface area contributed by atoms with Crippen molar-refractivity contribution in [2.75, 3.05) is 26.2 Å². The average Bonchev–Trinajstić information content (AvgIpc) is 3.14. The van der Waals surface area contributed by atoms with E-state index in [4.69, 9.17) is 5.73 Å². The van der Waals surface area contributed by atoms with Crippen LogP contribution < -0.4 is 5.73 Å². The highest BCUT2D eigenvalue weighted by atomic mass is 15.3. The van der Waals surface area contributed by atoms with Gasteiger partial charge in [0.2, 0.25) is 0 Å². The molecule has 0 bridgehead atoms. The maximum absolute atomic E-state index is 6.24. The lowest BCUT2D eigenvalue weighted by atomic mass is 9.80. The van der Waals surface area contributed by atoms with E-state index >= 15 is 0 Å². The van der Waals surface area contributed by atoms with Crippen LogP contribution in [-0.2, 0) is 0 Å². The van der Waals surface area contributed by atoms with E-state index in [9.17, 15) is 0 Å². The Morgan fingerprint density at radius 3 is 2.32 bits per heavy atom. The fraction of sp³-hybridized carbons (Fsp3) is 1.00. The Hall–Kier alpha value is -0.120. The van der Waals surface area contributed by atoms with Gasteiger partial charge < -0.3 is 5.73 Å². The van der Waals surface area contributed by atoms with Crippen LogP contribution in [0.25, 0.3) is 0 Å². The molecule has 1 saturated carbocycles. The van der Waals surface area contributed by atoms with Gasteiger partial charge in [-0.15, -0.1) is 0 Å². The molecule has 1 aliphatic carbocycles. The Kier molecular flexibility index (Phi) is 3.43. The van der Waals surface area contributed by atoms with E-state index in [1.54, 1.807) is 0 Å². The number of rotatable bonds is 3. The Bertz CT molecular complexity index is 327. The summed E-state index contributed by atoms with van der Waals surface area (Å²) in [6.45, 7) is 11.8. The highest BCUT2D eigenvalue weighted by molar-refractivity contribution is 5.07. The second-order valence-electron chi connectivity index (χ2n) is 8.04. The normalized spacial score (nSPS) is 40.7. The van der Waals surface area contributed by atoms with Gasteiger partial charge in [-0.05, 0) is 57.5 Å². The smallest absolute Gasteiger partial charge is 0.0473 e. The van der Waals surface area contributed by atoms with Gasteiger partial charge >= 0.3 is 0 Å². The molecule has 0 amide bonds. The molecular formula is C16H31N3. The zero-order valence-corrected chi connectivity index (χ0v) is 13.0. The van der Waals surface area contributed by atoms with Gasteiger partial charge in [-0.25, -0.2) is 0 Å². The quantitative estimate of drug-likeness (QED) is 0.848. The van der Waals surface area contributed by atoms with Crippen LogP contribution in [-0.4, -0.2) is 53.6 Å². The van der Waals surface area contributed by atoms with E-state index < -0.39 is 0 Å². The van der Waals surface area contributed by atoms with Crippen molar-refractivity contribution in [3.05, 3.63) is 0 Å². The molecule has 3 fully saturated rings. The molecule has 110 valence electrons. The van der Waals surface area contributed by atoms with Gasteiger partial charge in [-0.1, -0.05) is 13.8 Å². The van der Waals surface area contributed by atoms with E-state index in [1.165, 1.54) is 51.7 Å². The van der Waals surface area contributed by atoms with Crippen LogP contribution in [0.5, 0.6) is 0 Å². The van der Waals surface area contributed by atoms with Crippen molar-refractivity contribution in [1.29, 1.82) is 0 Å². The molecule has 3 rings (SSSR count). The average molecular weight is 265 g/mol. The molecule has 2 heterocycles. The molecule has 2 N–H and O–H groups in total. The van der Waals surface area contributed by atoms with Crippen LogP contribution in [0.3, 0.4) is 0 Å². The standard InChI is InChI=1S/C16H31N3/c1-13-10-16(11-17,12-19(13)14-4-5-14)18-8-6-15(2,3)7-9-18/h13-14H,4-12,17H2,1-3H3. The van der Waals surface area contributed by atoms with E-state index in [0.29, 0.717) is 5.41 Å². The van der Waals surface area contributed by atoms with Gasteiger partial charge in [0.15, 0.2) is 0 Å². The van der Waals surface area contributed by atoms with Gasteiger partial charge in [0, 0.05) is 30.7 Å². The van der Waals surface area contributed by atoms with Gasteiger partial charge in [0.1, 0.15) is 0 Å². The monoisotopic (exact) mass is 265 g/mol. The van der Waals surface area contributed by atoms with Crippen LogP contribution in [0, 0.1) is 5.41 Å². The molecule has 19 heavy (non-hydrogen) atoms. The lowest BCUT2D eigenvalue weighted by Crippen LogP contribution is -2.58. The fourth-order valence-corrected chi connectivity index (χ4v) is 4.22. The molecule has 2 aliphatic heterocycles. The Labute approximate surface area is 118 Å². The Morgan fingerprint density at radius 2 is 1.79 bits per heavy atom. The number of hydrogen-bond acceptors (Lipinski definition) is 3. The highest BCUT2D eigenvalue weighted by Gasteiger charge is 2.50. The molecule has 3 nitrogen and oxygen atoms in total. The minimum Gasteiger partial charge on any atom is -0.329 e. The largest absolute Gasteiger partial charge is 0.329 e. The Balaban J connectivity index is 1.70. The molecule has 0 radical (unpaired) electrons. The Morgan fingerprint density at radius 1 is 1.16 bits per heavy atom. The third-order valence-corrected chi connectivity index (χ3v) is 5.90. The van der Waals surface area contributed by atoms with Crippen molar-refractivity contribution in [2.24, 2.45) is 11.1 Å². The lowest BCUT2D eigenvalue weighted by Gasteiger charge is -2.46. The first-order chi connectivity index (χ1) is 8.96. The summed E-state index contributed by atoms with van der Waals surface area (Å²) in [6.07, 6.45) is 6.76. The summed E-state index contributed by atoms with van der Waals surface area (Å²) in [5.41, 5.74) is 7.05. The first kappa shape index (κ1) is 13.8. The summed E-state index contributed by atoms with van der Waals surface area (Å²) in [5.74, 6) is 0. The third-order valence-electron chi connectivity index (χ3n) is 5.90. The summed E-state index contributed by atoms with van der Waals surface area (Å²) in [4.78, 5) is 5.48. The summed E-state index contributed by atoms with van der Waals surface area (Å²) >= 11 is 0. The van der Waals surface area contributed by atoms with Gasteiger partial charge in [-0.2, -0.15) is 0 Å². The molecular weight excluding hydrogens is 234 g/mol. The summed E-state index contributed by atoms with van der Waals surface area (Å²) in [6, 6.07) is 1.61. The molecule has 0 aromatic heterocycles. The van der Waals surface area contributed by atoms with Crippen molar-refractivity contribution in [1.82, 2.24) is 9.80 Å². The maximum atomic E-state index is 6.24. The molecule has 0 aromatic rings. The summed E-state index contributed by atoms with van der Waals surface area (Å²) in [7, 11) is 0. The van der Waals surface area contributed by atoms with Gasteiger partial charge in [0.25, 0.3) is 0 Å². The number of likely N-dealkylation sites (tertiary alicyclic amines) is 2. The minimum atomic E-state index is 0.276. The molecule has 2 saturated heterocycles. The molecule has 3 heteroatoms. The highest BCUT2D eigenvalue weighted by Crippen LogP contribution is 2.42. The number of nitrogens with two attached hydrogens (primary N) is 1. The van der Waals surface area contributed by atoms with Crippen molar-refractivity contribution in [3.8, 4) is 0 Å². The van der Waals surface area contributed by atoms with Gasteiger partial charge in [0.05, 0.1) is 0 Å². The summed E-state index contributed by atoms with van der Waals surface area (Å²) < 4.78 is 0. The first-order valence-corrected chi connectivity index (χ1v) is 8.17. The zero-order chi connectivity index (χ0) is 13.7. The SMILES string of the molecule is CC1CC(CN)(N2CCC(C)(C)CC2)CN1C1CC1.